The summed E-state index contributed by atoms with van der Waals surface area (Å²) in [6.07, 6.45) is 3.60. The predicted octanol–water partition coefficient (Wildman–Crippen LogP) is 2.65. The van der Waals surface area contributed by atoms with E-state index in [0.717, 1.165) is 5.56 Å². The molecule has 0 aliphatic rings. The minimum atomic E-state index is -0.704. The van der Waals surface area contributed by atoms with E-state index in [1.165, 1.54) is 0 Å². The fourth-order valence-corrected chi connectivity index (χ4v) is 1.65. The Morgan fingerprint density at radius 2 is 2.06 bits per heavy atom. The Kier molecular flexibility index (Phi) is 6.15. The van der Waals surface area contributed by atoms with Gasteiger partial charge in [-0.3, -0.25) is 4.79 Å². The molecule has 18 heavy (non-hydrogen) atoms. The number of carbonyl (C=O) groups excluding carboxylic acids is 1. The van der Waals surface area contributed by atoms with Gasteiger partial charge in [0.05, 0.1) is 18.6 Å². The van der Waals surface area contributed by atoms with Gasteiger partial charge < -0.3 is 9.84 Å². The monoisotopic (exact) mass is 248 g/mol. The van der Waals surface area contributed by atoms with E-state index in [4.69, 9.17) is 4.74 Å². The summed E-state index contributed by atoms with van der Waals surface area (Å²) < 4.78 is 4.94. The van der Waals surface area contributed by atoms with Gasteiger partial charge in [0.2, 0.25) is 0 Å². The molecule has 0 saturated heterocycles. The van der Waals surface area contributed by atoms with Gasteiger partial charge in [-0.05, 0) is 25.8 Å². The van der Waals surface area contributed by atoms with Crippen LogP contribution in [0.15, 0.2) is 36.4 Å². The Hall–Kier alpha value is -1.61. The average Bonchev–Trinajstić information content (AvgIpc) is 2.35. The number of hydrogen-bond acceptors (Lipinski definition) is 3. The molecule has 0 heterocycles. The first-order valence-corrected chi connectivity index (χ1v) is 6.21. The Morgan fingerprint density at radius 1 is 1.39 bits per heavy atom. The standard InChI is InChI=1S/C15H20O3/c1-3-18-15(17)14(12(2)16)11-7-10-13-8-5-4-6-9-13/h4-10,12,14,16H,3,11H2,1-2H3/b10-7+/t12-,14+/m1/s1. The van der Waals surface area contributed by atoms with Gasteiger partial charge in [0, 0.05) is 0 Å². The first-order valence-electron chi connectivity index (χ1n) is 6.21. The number of esters is 1. The predicted molar refractivity (Wildman–Crippen MR) is 71.9 cm³/mol. The van der Waals surface area contributed by atoms with E-state index in [1.54, 1.807) is 13.8 Å². The van der Waals surface area contributed by atoms with Crippen LogP contribution in [-0.4, -0.2) is 23.8 Å². The van der Waals surface area contributed by atoms with Crippen molar-refractivity contribution in [2.45, 2.75) is 26.4 Å². The SMILES string of the molecule is CCOC(=O)[C@@H](C/C=C/c1ccccc1)[C@@H](C)O. The Balaban J connectivity index is 2.57. The number of rotatable bonds is 6. The second kappa shape index (κ2) is 7.67. The molecule has 0 bridgehead atoms. The lowest BCUT2D eigenvalue weighted by molar-refractivity contribution is -0.151. The molecule has 0 amide bonds. The smallest absolute Gasteiger partial charge is 0.311 e. The van der Waals surface area contributed by atoms with Gasteiger partial charge in [-0.25, -0.2) is 0 Å². The molecule has 0 saturated carbocycles. The molecule has 1 rings (SSSR count). The molecule has 2 atom stereocenters. The second-order valence-electron chi connectivity index (χ2n) is 4.15. The van der Waals surface area contributed by atoms with Crippen molar-refractivity contribution in [1.82, 2.24) is 0 Å². The molecule has 1 N–H and O–H groups in total. The molecule has 0 unspecified atom stereocenters. The molecular formula is C15H20O3. The van der Waals surface area contributed by atoms with Crippen LogP contribution in [0, 0.1) is 5.92 Å². The van der Waals surface area contributed by atoms with Crippen LogP contribution < -0.4 is 0 Å². The van der Waals surface area contributed by atoms with Gasteiger partial charge in [-0.1, -0.05) is 42.5 Å². The molecule has 0 spiro atoms. The van der Waals surface area contributed by atoms with E-state index in [2.05, 4.69) is 0 Å². The highest BCUT2D eigenvalue weighted by Gasteiger charge is 2.23. The third-order valence-electron chi connectivity index (χ3n) is 2.67. The molecular weight excluding hydrogens is 228 g/mol. The number of carbonyl (C=O) groups is 1. The minimum Gasteiger partial charge on any atom is -0.466 e. The highest BCUT2D eigenvalue weighted by molar-refractivity contribution is 5.73. The van der Waals surface area contributed by atoms with Gasteiger partial charge in [0.25, 0.3) is 0 Å². The number of benzene rings is 1. The minimum absolute atomic E-state index is 0.338. The lowest BCUT2D eigenvalue weighted by Crippen LogP contribution is -2.27. The summed E-state index contributed by atoms with van der Waals surface area (Å²) in [4.78, 5) is 11.6. The average molecular weight is 248 g/mol. The molecule has 1 aromatic carbocycles. The summed E-state index contributed by atoms with van der Waals surface area (Å²) >= 11 is 0. The zero-order chi connectivity index (χ0) is 13.4. The van der Waals surface area contributed by atoms with Crippen molar-refractivity contribution in [3.05, 3.63) is 42.0 Å². The second-order valence-corrected chi connectivity index (χ2v) is 4.15. The van der Waals surface area contributed by atoms with Crippen LogP contribution >= 0.6 is 0 Å². The van der Waals surface area contributed by atoms with Crippen molar-refractivity contribution in [2.24, 2.45) is 5.92 Å². The fraction of sp³-hybridized carbons (Fsp3) is 0.400. The van der Waals surface area contributed by atoms with E-state index >= 15 is 0 Å². The first kappa shape index (κ1) is 14.5. The van der Waals surface area contributed by atoms with Crippen molar-refractivity contribution in [1.29, 1.82) is 0 Å². The molecule has 98 valence electrons. The normalized spacial score (nSPS) is 14.4. The maximum atomic E-state index is 11.6. The highest BCUT2D eigenvalue weighted by Crippen LogP contribution is 2.13. The summed E-state index contributed by atoms with van der Waals surface area (Å²) in [5, 5.41) is 9.57. The van der Waals surface area contributed by atoms with Gasteiger partial charge in [-0.15, -0.1) is 0 Å². The van der Waals surface area contributed by atoms with Gasteiger partial charge in [0.15, 0.2) is 0 Å². The maximum Gasteiger partial charge on any atom is 0.311 e. The number of hydrogen-bond donors (Lipinski definition) is 1. The lowest BCUT2D eigenvalue weighted by atomic mass is 9.99. The summed E-state index contributed by atoms with van der Waals surface area (Å²) in [5.74, 6) is -0.838. The zero-order valence-electron chi connectivity index (χ0n) is 10.9. The summed E-state index contributed by atoms with van der Waals surface area (Å²) in [6.45, 7) is 3.71. The molecule has 1 aromatic rings. The van der Waals surface area contributed by atoms with Crippen molar-refractivity contribution in [3.8, 4) is 0 Å². The van der Waals surface area contributed by atoms with E-state index < -0.39 is 12.0 Å². The largest absolute Gasteiger partial charge is 0.466 e. The van der Waals surface area contributed by atoms with Crippen LogP contribution in [0.25, 0.3) is 6.08 Å². The summed E-state index contributed by atoms with van der Waals surface area (Å²) in [7, 11) is 0. The zero-order valence-corrected chi connectivity index (χ0v) is 10.9. The van der Waals surface area contributed by atoms with Gasteiger partial charge in [0.1, 0.15) is 0 Å². The number of aliphatic hydroxyl groups is 1. The summed E-state index contributed by atoms with van der Waals surface area (Å²) in [6, 6.07) is 9.83. The Labute approximate surface area is 108 Å². The molecule has 3 heteroatoms. The molecule has 0 fully saturated rings. The van der Waals surface area contributed by atoms with Crippen molar-refractivity contribution in [3.63, 3.8) is 0 Å². The third-order valence-corrected chi connectivity index (χ3v) is 2.67. The summed E-state index contributed by atoms with van der Waals surface area (Å²) in [5.41, 5.74) is 1.07. The number of ether oxygens (including phenoxy) is 1. The molecule has 0 aliphatic heterocycles. The van der Waals surface area contributed by atoms with E-state index in [9.17, 15) is 9.90 Å². The van der Waals surface area contributed by atoms with Crippen LogP contribution in [0.3, 0.4) is 0 Å². The third kappa shape index (κ3) is 4.72. The lowest BCUT2D eigenvalue weighted by Gasteiger charge is -2.16. The quantitative estimate of drug-likeness (QED) is 0.787. The molecule has 0 radical (unpaired) electrons. The van der Waals surface area contributed by atoms with Crippen molar-refractivity contribution < 1.29 is 14.6 Å². The van der Waals surface area contributed by atoms with Crippen LogP contribution in [0.5, 0.6) is 0 Å². The molecule has 0 aliphatic carbocycles. The molecule has 3 nitrogen and oxygen atoms in total. The number of aliphatic hydroxyl groups excluding tert-OH is 1. The van der Waals surface area contributed by atoms with Crippen LogP contribution in [0.4, 0.5) is 0 Å². The fourth-order valence-electron chi connectivity index (χ4n) is 1.65. The van der Waals surface area contributed by atoms with E-state index in [1.807, 2.05) is 42.5 Å². The van der Waals surface area contributed by atoms with Crippen molar-refractivity contribution >= 4 is 12.0 Å². The maximum absolute atomic E-state index is 11.6. The molecule has 0 aromatic heterocycles. The Bertz CT molecular complexity index is 382. The topological polar surface area (TPSA) is 46.5 Å². The van der Waals surface area contributed by atoms with Crippen LogP contribution in [0.2, 0.25) is 0 Å². The van der Waals surface area contributed by atoms with Crippen molar-refractivity contribution in [2.75, 3.05) is 6.61 Å². The van der Waals surface area contributed by atoms with Gasteiger partial charge >= 0.3 is 5.97 Å². The van der Waals surface area contributed by atoms with Crippen LogP contribution in [-0.2, 0) is 9.53 Å². The van der Waals surface area contributed by atoms with E-state index in [0.29, 0.717) is 13.0 Å². The Morgan fingerprint density at radius 3 is 2.61 bits per heavy atom. The first-order chi connectivity index (χ1) is 8.65. The van der Waals surface area contributed by atoms with Gasteiger partial charge in [-0.2, -0.15) is 0 Å². The van der Waals surface area contributed by atoms with E-state index in [-0.39, 0.29) is 5.97 Å². The highest BCUT2D eigenvalue weighted by atomic mass is 16.5. The number of allylic oxidation sites excluding steroid dienone is 1. The van der Waals surface area contributed by atoms with Crippen LogP contribution in [0.1, 0.15) is 25.8 Å².